The Kier molecular flexibility index (Phi) is 6.03. The zero-order chi connectivity index (χ0) is 20.1. The van der Waals surface area contributed by atoms with E-state index in [9.17, 15) is 18.0 Å². The van der Waals surface area contributed by atoms with Crippen LogP contribution >= 0.6 is 11.8 Å². The molecule has 0 fully saturated rings. The summed E-state index contributed by atoms with van der Waals surface area (Å²) >= 11 is 0.831. The highest BCUT2D eigenvalue weighted by Crippen LogP contribution is 2.32. The molecule has 0 aliphatic rings. The van der Waals surface area contributed by atoms with Crippen molar-refractivity contribution in [1.29, 1.82) is 0 Å². The van der Waals surface area contributed by atoms with Crippen molar-refractivity contribution in [2.75, 3.05) is 5.75 Å². The highest BCUT2D eigenvalue weighted by Gasteiger charge is 2.34. The predicted molar refractivity (Wildman–Crippen MR) is 98.5 cm³/mol. The van der Waals surface area contributed by atoms with Crippen LogP contribution in [-0.2, 0) is 11.0 Å². The molecule has 0 saturated heterocycles. The standard InChI is InChI=1S/C19H16F3N3O2S/c1-12(13-6-3-2-4-7-13)23-17(26)11-28-18-24-14(15-8-5-9-27-15)10-16(25-18)19(20,21)22/h2-10,12H,11H2,1H3,(H,23,26). The molecule has 0 radical (unpaired) electrons. The number of alkyl halides is 3. The first-order valence-corrected chi connectivity index (χ1v) is 9.29. The predicted octanol–water partition coefficient (Wildman–Crippen LogP) is 4.72. The first kappa shape index (κ1) is 19.9. The topological polar surface area (TPSA) is 68.0 Å². The van der Waals surface area contributed by atoms with Crippen LogP contribution in [0.2, 0.25) is 0 Å². The molecule has 0 spiro atoms. The van der Waals surface area contributed by atoms with E-state index in [1.54, 1.807) is 6.07 Å². The number of carbonyl (C=O) groups is 1. The first-order valence-electron chi connectivity index (χ1n) is 8.30. The van der Waals surface area contributed by atoms with Crippen molar-refractivity contribution in [1.82, 2.24) is 15.3 Å². The van der Waals surface area contributed by atoms with Crippen molar-refractivity contribution in [2.45, 2.75) is 24.3 Å². The number of carbonyl (C=O) groups excluding carboxylic acids is 1. The third-order valence-corrected chi connectivity index (χ3v) is 4.63. The Hall–Kier alpha value is -2.81. The molecule has 146 valence electrons. The molecule has 1 atom stereocenters. The van der Waals surface area contributed by atoms with Crippen molar-refractivity contribution in [3.63, 3.8) is 0 Å². The third-order valence-electron chi connectivity index (χ3n) is 3.78. The monoisotopic (exact) mass is 407 g/mol. The van der Waals surface area contributed by atoms with Gasteiger partial charge in [0.1, 0.15) is 11.4 Å². The molecule has 0 saturated carbocycles. The lowest BCUT2D eigenvalue weighted by atomic mass is 10.1. The minimum absolute atomic E-state index is 0.00730. The molecule has 0 aliphatic carbocycles. The van der Waals surface area contributed by atoms with Gasteiger partial charge in [-0.3, -0.25) is 4.79 Å². The fourth-order valence-electron chi connectivity index (χ4n) is 2.42. The van der Waals surface area contributed by atoms with Crippen LogP contribution in [0.3, 0.4) is 0 Å². The number of rotatable bonds is 6. The molecule has 0 aliphatic heterocycles. The Morgan fingerprint density at radius 2 is 1.93 bits per heavy atom. The summed E-state index contributed by atoms with van der Waals surface area (Å²) in [5.41, 5.74) is -0.154. The highest BCUT2D eigenvalue weighted by atomic mass is 32.2. The number of aromatic nitrogens is 2. The van der Waals surface area contributed by atoms with E-state index < -0.39 is 11.9 Å². The summed E-state index contributed by atoms with van der Waals surface area (Å²) in [6, 6.07) is 13.0. The van der Waals surface area contributed by atoms with E-state index in [2.05, 4.69) is 15.3 Å². The van der Waals surface area contributed by atoms with Crippen molar-refractivity contribution >= 4 is 17.7 Å². The quantitative estimate of drug-likeness (QED) is 0.473. The van der Waals surface area contributed by atoms with Gasteiger partial charge in [-0.25, -0.2) is 9.97 Å². The molecule has 3 rings (SSSR count). The number of nitrogens with one attached hydrogen (secondary N) is 1. The van der Waals surface area contributed by atoms with Crippen LogP contribution in [0.15, 0.2) is 64.4 Å². The Morgan fingerprint density at radius 3 is 2.57 bits per heavy atom. The maximum atomic E-state index is 13.1. The van der Waals surface area contributed by atoms with Crippen molar-refractivity contribution in [2.24, 2.45) is 0 Å². The Balaban J connectivity index is 1.71. The summed E-state index contributed by atoms with van der Waals surface area (Å²) in [4.78, 5) is 19.8. The summed E-state index contributed by atoms with van der Waals surface area (Å²) in [6.07, 6.45) is -3.29. The molecule has 0 bridgehead atoms. The second-order valence-electron chi connectivity index (χ2n) is 5.88. The molecule has 2 heterocycles. The van der Waals surface area contributed by atoms with Crippen molar-refractivity contribution < 1.29 is 22.4 Å². The number of halogens is 3. The Bertz CT molecular complexity index is 931. The van der Waals surface area contributed by atoms with E-state index in [-0.39, 0.29) is 34.3 Å². The lowest BCUT2D eigenvalue weighted by Gasteiger charge is -2.14. The Morgan fingerprint density at radius 1 is 1.18 bits per heavy atom. The maximum absolute atomic E-state index is 13.1. The second-order valence-corrected chi connectivity index (χ2v) is 6.83. The minimum Gasteiger partial charge on any atom is -0.463 e. The number of thioether (sulfide) groups is 1. The normalized spacial score (nSPS) is 12.6. The van der Waals surface area contributed by atoms with E-state index in [4.69, 9.17) is 4.42 Å². The molecule has 28 heavy (non-hydrogen) atoms. The zero-order valence-corrected chi connectivity index (χ0v) is 15.6. The largest absolute Gasteiger partial charge is 0.463 e. The molecular weight excluding hydrogens is 391 g/mol. The van der Waals surface area contributed by atoms with E-state index >= 15 is 0 Å². The number of furan rings is 1. The van der Waals surface area contributed by atoms with Gasteiger partial charge in [0.25, 0.3) is 0 Å². The van der Waals surface area contributed by atoms with Gasteiger partial charge in [-0.2, -0.15) is 13.2 Å². The summed E-state index contributed by atoms with van der Waals surface area (Å²) in [5, 5.41) is 2.65. The van der Waals surface area contributed by atoms with E-state index in [0.29, 0.717) is 0 Å². The number of hydrogen-bond acceptors (Lipinski definition) is 5. The molecule has 1 amide bonds. The van der Waals surface area contributed by atoms with E-state index in [1.165, 1.54) is 12.3 Å². The zero-order valence-electron chi connectivity index (χ0n) is 14.7. The Labute approximate surface area is 163 Å². The van der Waals surface area contributed by atoms with Crippen molar-refractivity contribution in [3.8, 4) is 11.5 Å². The van der Waals surface area contributed by atoms with Crippen LogP contribution in [0.1, 0.15) is 24.2 Å². The number of benzene rings is 1. The van der Waals surface area contributed by atoms with Crippen LogP contribution < -0.4 is 5.32 Å². The van der Waals surface area contributed by atoms with Crippen molar-refractivity contribution in [3.05, 3.63) is 66.1 Å². The molecule has 9 heteroatoms. The van der Waals surface area contributed by atoms with E-state index in [1.807, 2.05) is 37.3 Å². The molecule has 5 nitrogen and oxygen atoms in total. The summed E-state index contributed by atoms with van der Waals surface area (Å²) in [6.45, 7) is 1.83. The van der Waals surface area contributed by atoms with Gasteiger partial charge in [0.05, 0.1) is 18.1 Å². The van der Waals surface area contributed by atoms with Crippen LogP contribution in [-0.4, -0.2) is 21.6 Å². The SMILES string of the molecule is CC(NC(=O)CSc1nc(-c2ccco2)cc(C(F)(F)F)n1)c1ccccc1. The van der Waals surface area contributed by atoms with Gasteiger partial charge in [-0.05, 0) is 30.7 Å². The highest BCUT2D eigenvalue weighted by molar-refractivity contribution is 7.99. The average molecular weight is 407 g/mol. The number of amides is 1. The van der Waals surface area contributed by atoms with Gasteiger partial charge >= 0.3 is 6.18 Å². The van der Waals surface area contributed by atoms with Gasteiger partial charge in [0.2, 0.25) is 5.91 Å². The maximum Gasteiger partial charge on any atom is 0.433 e. The third kappa shape index (κ3) is 5.13. The fraction of sp³-hybridized carbons (Fsp3) is 0.211. The smallest absolute Gasteiger partial charge is 0.433 e. The van der Waals surface area contributed by atoms with Crippen LogP contribution in [0, 0.1) is 0 Å². The summed E-state index contributed by atoms with van der Waals surface area (Å²) in [7, 11) is 0. The van der Waals surface area contributed by atoms with Gasteiger partial charge < -0.3 is 9.73 Å². The molecule has 2 aromatic heterocycles. The molecule has 3 aromatic rings. The second kappa shape index (κ2) is 8.47. The van der Waals surface area contributed by atoms with Crippen LogP contribution in [0.4, 0.5) is 13.2 Å². The lowest BCUT2D eigenvalue weighted by Crippen LogP contribution is -2.28. The summed E-state index contributed by atoms with van der Waals surface area (Å²) < 4.78 is 44.5. The van der Waals surface area contributed by atoms with Gasteiger partial charge in [0.15, 0.2) is 10.9 Å². The number of hydrogen-bond donors (Lipinski definition) is 1. The summed E-state index contributed by atoms with van der Waals surface area (Å²) in [5.74, 6) is -0.255. The fourth-order valence-corrected chi connectivity index (χ4v) is 3.09. The minimum atomic E-state index is -4.64. The average Bonchev–Trinajstić information content (AvgIpc) is 3.21. The number of nitrogens with zero attached hydrogens (tertiary/aromatic N) is 2. The van der Waals surface area contributed by atoms with Gasteiger partial charge in [0, 0.05) is 0 Å². The van der Waals surface area contributed by atoms with Crippen LogP contribution in [0.25, 0.3) is 11.5 Å². The van der Waals surface area contributed by atoms with Gasteiger partial charge in [-0.15, -0.1) is 0 Å². The molecule has 1 unspecified atom stereocenters. The van der Waals surface area contributed by atoms with Gasteiger partial charge in [-0.1, -0.05) is 42.1 Å². The lowest BCUT2D eigenvalue weighted by molar-refractivity contribution is -0.141. The first-order chi connectivity index (χ1) is 13.3. The molecule has 1 aromatic carbocycles. The van der Waals surface area contributed by atoms with Crippen LogP contribution in [0.5, 0.6) is 0 Å². The molecule has 1 N–H and O–H groups in total. The molecular formula is C19H16F3N3O2S. The van der Waals surface area contributed by atoms with E-state index in [0.717, 1.165) is 23.4 Å².